The van der Waals surface area contributed by atoms with Crippen molar-refractivity contribution in [2.75, 3.05) is 13.7 Å². The van der Waals surface area contributed by atoms with E-state index in [4.69, 9.17) is 4.74 Å². The first-order valence-electron chi connectivity index (χ1n) is 6.59. The van der Waals surface area contributed by atoms with E-state index < -0.39 is 0 Å². The number of hydrogen-bond acceptors (Lipinski definition) is 3. The van der Waals surface area contributed by atoms with E-state index in [0.717, 1.165) is 25.8 Å². The Morgan fingerprint density at radius 3 is 2.71 bits per heavy atom. The van der Waals surface area contributed by atoms with Gasteiger partial charge in [0.2, 0.25) is 0 Å². The number of thiophene rings is 1. The molecule has 2 nitrogen and oxygen atoms in total. The van der Waals surface area contributed by atoms with Gasteiger partial charge in [-0.2, -0.15) is 11.3 Å². The second kappa shape index (κ2) is 8.67. The molecule has 98 valence electrons. The summed E-state index contributed by atoms with van der Waals surface area (Å²) in [5, 5.41) is 7.95. The van der Waals surface area contributed by atoms with Crippen LogP contribution in [0.4, 0.5) is 0 Å². The van der Waals surface area contributed by atoms with Gasteiger partial charge in [0.25, 0.3) is 0 Å². The topological polar surface area (TPSA) is 21.3 Å². The summed E-state index contributed by atoms with van der Waals surface area (Å²) >= 11 is 1.78. The summed E-state index contributed by atoms with van der Waals surface area (Å²) in [7, 11) is 1.83. The fourth-order valence-electron chi connectivity index (χ4n) is 2.21. The van der Waals surface area contributed by atoms with Gasteiger partial charge in [0, 0.05) is 13.2 Å². The number of rotatable bonds is 9. The highest BCUT2D eigenvalue weighted by atomic mass is 32.1. The Morgan fingerprint density at radius 1 is 1.35 bits per heavy atom. The van der Waals surface area contributed by atoms with Gasteiger partial charge < -0.3 is 10.1 Å². The number of methoxy groups -OCH3 is 1. The van der Waals surface area contributed by atoms with Gasteiger partial charge >= 0.3 is 0 Å². The van der Waals surface area contributed by atoms with Crippen LogP contribution in [0, 0.1) is 0 Å². The number of ether oxygens (including phenoxy) is 1. The molecule has 0 fully saturated rings. The molecule has 0 radical (unpaired) electrons. The normalized spacial score (nSPS) is 14.8. The molecular formula is C14H25NOS. The molecule has 0 aliphatic rings. The van der Waals surface area contributed by atoms with Crippen LogP contribution in [0.5, 0.6) is 0 Å². The van der Waals surface area contributed by atoms with E-state index >= 15 is 0 Å². The van der Waals surface area contributed by atoms with E-state index in [-0.39, 0.29) is 0 Å². The molecule has 1 N–H and O–H groups in total. The second-order valence-corrected chi connectivity index (χ2v) is 5.18. The predicted octanol–water partition coefficient (Wildman–Crippen LogP) is 3.47. The molecule has 1 heterocycles. The third-order valence-corrected chi connectivity index (χ3v) is 3.85. The third kappa shape index (κ3) is 5.19. The molecule has 0 amide bonds. The summed E-state index contributed by atoms with van der Waals surface area (Å²) < 4.78 is 5.62. The van der Waals surface area contributed by atoms with Crippen molar-refractivity contribution in [3.05, 3.63) is 22.4 Å². The summed E-state index contributed by atoms with van der Waals surface area (Å²) in [6.45, 7) is 5.39. The minimum Gasteiger partial charge on any atom is -0.380 e. The average molecular weight is 255 g/mol. The summed E-state index contributed by atoms with van der Waals surface area (Å²) in [6.07, 6.45) is 4.96. The van der Waals surface area contributed by atoms with Crippen molar-refractivity contribution < 1.29 is 4.74 Å². The molecule has 17 heavy (non-hydrogen) atoms. The van der Waals surface area contributed by atoms with Crippen LogP contribution in [0.25, 0.3) is 0 Å². The Morgan fingerprint density at radius 2 is 2.18 bits per heavy atom. The molecule has 2 unspecified atom stereocenters. The van der Waals surface area contributed by atoms with Crippen molar-refractivity contribution in [2.45, 2.75) is 51.7 Å². The van der Waals surface area contributed by atoms with Crippen LogP contribution in [0.3, 0.4) is 0 Å². The minimum atomic E-state index is 0.346. The van der Waals surface area contributed by atoms with Crippen molar-refractivity contribution in [3.63, 3.8) is 0 Å². The molecule has 1 aromatic rings. The van der Waals surface area contributed by atoms with Gasteiger partial charge in [-0.1, -0.05) is 20.3 Å². The molecule has 1 rings (SSSR count). The predicted molar refractivity (Wildman–Crippen MR) is 75.8 cm³/mol. The first-order valence-corrected chi connectivity index (χ1v) is 7.53. The van der Waals surface area contributed by atoms with Crippen molar-refractivity contribution in [2.24, 2.45) is 0 Å². The monoisotopic (exact) mass is 255 g/mol. The van der Waals surface area contributed by atoms with Gasteiger partial charge in [-0.15, -0.1) is 0 Å². The van der Waals surface area contributed by atoms with Crippen LogP contribution in [-0.4, -0.2) is 25.8 Å². The maximum Gasteiger partial charge on any atom is 0.0724 e. The first kappa shape index (κ1) is 14.7. The largest absolute Gasteiger partial charge is 0.380 e. The van der Waals surface area contributed by atoms with Crippen molar-refractivity contribution in [3.8, 4) is 0 Å². The van der Waals surface area contributed by atoms with E-state index in [1.165, 1.54) is 12.0 Å². The fourth-order valence-corrected chi connectivity index (χ4v) is 2.91. The lowest BCUT2D eigenvalue weighted by Gasteiger charge is -2.26. The summed E-state index contributed by atoms with van der Waals surface area (Å²) in [5.74, 6) is 0. The lowest BCUT2D eigenvalue weighted by atomic mass is 9.99. The molecule has 3 heteroatoms. The van der Waals surface area contributed by atoms with E-state index in [2.05, 4.69) is 36.0 Å². The quantitative estimate of drug-likeness (QED) is 0.729. The Kier molecular flexibility index (Phi) is 7.49. The summed E-state index contributed by atoms with van der Waals surface area (Å²) in [6, 6.07) is 2.69. The molecular weight excluding hydrogens is 230 g/mol. The van der Waals surface area contributed by atoms with Gasteiger partial charge in [-0.3, -0.25) is 0 Å². The molecule has 0 spiro atoms. The van der Waals surface area contributed by atoms with E-state index in [1.807, 2.05) is 7.11 Å². The molecule has 0 bridgehead atoms. The first-order chi connectivity index (χ1) is 8.31. The van der Waals surface area contributed by atoms with Gasteiger partial charge in [-0.25, -0.2) is 0 Å². The van der Waals surface area contributed by atoms with Gasteiger partial charge in [-0.05, 0) is 48.2 Å². The van der Waals surface area contributed by atoms with Crippen molar-refractivity contribution in [1.82, 2.24) is 5.32 Å². The zero-order valence-electron chi connectivity index (χ0n) is 11.2. The van der Waals surface area contributed by atoms with Crippen LogP contribution in [0.15, 0.2) is 16.8 Å². The Labute approximate surface area is 109 Å². The van der Waals surface area contributed by atoms with Crippen LogP contribution in [0.1, 0.15) is 38.7 Å². The van der Waals surface area contributed by atoms with E-state index in [0.29, 0.717) is 12.1 Å². The SMILES string of the molecule is CCCC(OC)C(CCc1ccsc1)NCC. The highest BCUT2D eigenvalue weighted by Gasteiger charge is 2.19. The third-order valence-electron chi connectivity index (χ3n) is 3.12. The average Bonchev–Trinajstić information content (AvgIpc) is 2.85. The van der Waals surface area contributed by atoms with Crippen molar-refractivity contribution >= 4 is 11.3 Å². The molecule has 2 atom stereocenters. The number of nitrogens with one attached hydrogen (secondary N) is 1. The fraction of sp³-hybridized carbons (Fsp3) is 0.714. The highest BCUT2D eigenvalue weighted by molar-refractivity contribution is 7.07. The standard InChI is InChI=1S/C14H25NOS/c1-4-6-14(16-3)13(15-5-2)8-7-12-9-10-17-11-12/h9-11,13-15H,4-8H2,1-3H3. The highest BCUT2D eigenvalue weighted by Crippen LogP contribution is 2.15. The lowest BCUT2D eigenvalue weighted by Crippen LogP contribution is -2.41. The zero-order chi connectivity index (χ0) is 12.5. The maximum absolute atomic E-state index is 5.62. The molecule has 0 saturated carbocycles. The second-order valence-electron chi connectivity index (χ2n) is 4.40. The van der Waals surface area contributed by atoms with Crippen LogP contribution >= 0.6 is 11.3 Å². The number of hydrogen-bond donors (Lipinski definition) is 1. The van der Waals surface area contributed by atoms with Crippen LogP contribution in [-0.2, 0) is 11.2 Å². The van der Waals surface area contributed by atoms with Gasteiger partial charge in [0.1, 0.15) is 0 Å². The zero-order valence-corrected chi connectivity index (χ0v) is 12.1. The van der Waals surface area contributed by atoms with E-state index in [9.17, 15) is 0 Å². The van der Waals surface area contributed by atoms with E-state index in [1.54, 1.807) is 11.3 Å². The Bertz CT molecular complexity index is 274. The summed E-state index contributed by atoms with van der Waals surface area (Å²) in [5.41, 5.74) is 1.45. The molecule has 0 aliphatic carbocycles. The molecule has 0 aromatic carbocycles. The van der Waals surface area contributed by atoms with Crippen molar-refractivity contribution in [1.29, 1.82) is 0 Å². The minimum absolute atomic E-state index is 0.346. The smallest absolute Gasteiger partial charge is 0.0724 e. The molecule has 1 aromatic heterocycles. The lowest BCUT2D eigenvalue weighted by molar-refractivity contribution is 0.0587. The maximum atomic E-state index is 5.62. The Balaban J connectivity index is 2.45. The summed E-state index contributed by atoms with van der Waals surface area (Å²) in [4.78, 5) is 0. The number of aryl methyl sites for hydroxylation is 1. The molecule has 0 saturated heterocycles. The van der Waals surface area contributed by atoms with Crippen LogP contribution in [0.2, 0.25) is 0 Å². The Hall–Kier alpha value is -0.380. The van der Waals surface area contributed by atoms with Gasteiger partial charge in [0.15, 0.2) is 0 Å². The molecule has 0 aliphatic heterocycles. The number of likely N-dealkylation sites (N-methyl/N-ethyl adjacent to an activating group) is 1. The van der Waals surface area contributed by atoms with Crippen LogP contribution < -0.4 is 5.32 Å². The van der Waals surface area contributed by atoms with Gasteiger partial charge in [0.05, 0.1) is 6.10 Å².